The molecule has 2 aromatic carbocycles. The van der Waals surface area contributed by atoms with E-state index in [0.717, 1.165) is 12.3 Å². The fraction of sp³-hybridized carbons (Fsp3) is 0.263. The zero-order valence-electron chi connectivity index (χ0n) is 15.5. The Morgan fingerprint density at radius 2 is 1.94 bits per heavy atom. The maximum absolute atomic E-state index is 14.2. The van der Waals surface area contributed by atoms with Gasteiger partial charge in [-0.25, -0.2) is 26.0 Å². The van der Waals surface area contributed by atoms with Crippen molar-refractivity contribution in [2.45, 2.75) is 36.3 Å². The molecule has 0 aliphatic carbocycles. The van der Waals surface area contributed by atoms with Crippen molar-refractivity contribution in [3.63, 3.8) is 0 Å². The summed E-state index contributed by atoms with van der Waals surface area (Å²) in [6.07, 6.45) is -1.83. The van der Waals surface area contributed by atoms with Crippen molar-refractivity contribution in [1.82, 2.24) is 4.57 Å². The first-order chi connectivity index (χ1) is 14.4. The van der Waals surface area contributed by atoms with Gasteiger partial charge in [0, 0.05) is 29.1 Å². The lowest BCUT2D eigenvalue weighted by molar-refractivity contribution is -0.119. The molecule has 0 radical (unpaired) electrons. The van der Waals surface area contributed by atoms with Crippen molar-refractivity contribution < 1.29 is 31.1 Å². The van der Waals surface area contributed by atoms with Crippen LogP contribution in [0.1, 0.15) is 12.0 Å². The third-order valence-corrected chi connectivity index (χ3v) is 7.52. The molecular weight excluding hydrogens is 528 g/mol. The van der Waals surface area contributed by atoms with Gasteiger partial charge >= 0.3 is 0 Å². The molecule has 0 fully saturated rings. The van der Waals surface area contributed by atoms with Gasteiger partial charge in [-0.3, -0.25) is 4.72 Å². The van der Waals surface area contributed by atoms with Crippen molar-refractivity contribution in [3.8, 4) is 0 Å². The topological polar surface area (TPSA) is 71.3 Å². The molecular formula is C19H14BrClF4N2O3S. The van der Waals surface area contributed by atoms with E-state index >= 15 is 0 Å². The first-order valence-corrected chi connectivity index (χ1v) is 11.6. The summed E-state index contributed by atoms with van der Waals surface area (Å²) in [4.78, 5) is -0.347. The van der Waals surface area contributed by atoms with Gasteiger partial charge in [-0.05, 0) is 46.1 Å². The standard InChI is InChI=1S/C19H14BrClF4N2O3S/c20-11-5-14(23)15(6-13(11)22)26-31(29,30)16-7-27-8-17(28)19(24,25)4-3-9-12(21)2-1-10(16)18(9)27/h1-2,5-7,17,26,28H,3-4,8H2. The Morgan fingerprint density at radius 3 is 2.65 bits per heavy atom. The van der Waals surface area contributed by atoms with Crippen LogP contribution in [0, 0.1) is 11.6 Å². The van der Waals surface area contributed by atoms with Crippen LogP contribution in [0.2, 0.25) is 5.02 Å². The van der Waals surface area contributed by atoms with Gasteiger partial charge in [0.1, 0.15) is 22.6 Å². The van der Waals surface area contributed by atoms with Gasteiger partial charge in [0.25, 0.3) is 15.9 Å². The molecule has 166 valence electrons. The predicted octanol–water partition coefficient (Wildman–Crippen LogP) is 5.08. The van der Waals surface area contributed by atoms with Crippen LogP contribution in [0.25, 0.3) is 10.9 Å². The largest absolute Gasteiger partial charge is 0.385 e. The Labute approximate surface area is 187 Å². The Balaban J connectivity index is 1.87. The van der Waals surface area contributed by atoms with Crippen molar-refractivity contribution in [3.05, 3.63) is 57.2 Å². The lowest BCUT2D eigenvalue weighted by Crippen LogP contribution is -2.38. The highest BCUT2D eigenvalue weighted by Gasteiger charge is 2.40. The monoisotopic (exact) mass is 540 g/mol. The summed E-state index contributed by atoms with van der Waals surface area (Å²) in [5.74, 6) is -5.30. The van der Waals surface area contributed by atoms with Crippen molar-refractivity contribution in [2.24, 2.45) is 0 Å². The number of anilines is 1. The minimum atomic E-state index is -4.46. The summed E-state index contributed by atoms with van der Waals surface area (Å²) in [5.41, 5.74) is -0.0235. The second kappa shape index (κ2) is 7.65. The number of benzene rings is 2. The van der Waals surface area contributed by atoms with Crippen LogP contribution >= 0.6 is 27.5 Å². The molecule has 31 heavy (non-hydrogen) atoms. The van der Waals surface area contributed by atoms with Gasteiger partial charge in [0.2, 0.25) is 0 Å². The Bertz CT molecular complexity index is 1310. The first kappa shape index (κ1) is 22.4. The van der Waals surface area contributed by atoms with E-state index in [1.165, 1.54) is 16.7 Å². The number of aromatic nitrogens is 1. The summed E-state index contributed by atoms with van der Waals surface area (Å²) >= 11 is 9.00. The molecule has 3 aromatic rings. The van der Waals surface area contributed by atoms with Crippen LogP contribution in [0.3, 0.4) is 0 Å². The van der Waals surface area contributed by atoms with E-state index < -0.39 is 52.3 Å². The molecule has 12 heteroatoms. The molecule has 4 rings (SSSR count). The van der Waals surface area contributed by atoms with Crippen LogP contribution < -0.4 is 4.72 Å². The van der Waals surface area contributed by atoms with E-state index in [9.17, 15) is 31.1 Å². The van der Waals surface area contributed by atoms with Crippen molar-refractivity contribution in [2.75, 3.05) is 4.72 Å². The number of sulfonamides is 1. The normalized spacial score (nSPS) is 18.6. The second-order valence-electron chi connectivity index (χ2n) is 7.20. The molecule has 0 saturated heterocycles. The fourth-order valence-corrected chi connectivity index (χ4v) is 5.43. The number of nitrogens with zero attached hydrogens (tertiary/aromatic N) is 1. The summed E-state index contributed by atoms with van der Waals surface area (Å²) < 4.78 is 85.4. The third-order valence-electron chi connectivity index (χ3n) is 5.16. The zero-order chi connectivity index (χ0) is 22.7. The van der Waals surface area contributed by atoms with E-state index in [1.807, 2.05) is 4.72 Å². The zero-order valence-corrected chi connectivity index (χ0v) is 18.6. The Kier molecular flexibility index (Phi) is 5.52. The fourth-order valence-electron chi connectivity index (χ4n) is 3.59. The number of halogens is 6. The predicted molar refractivity (Wildman–Crippen MR) is 111 cm³/mol. The van der Waals surface area contributed by atoms with E-state index in [4.69, 9.17) is 11.6 Å². The molecule has 0 amide bonds. The average Bonchev–Trinajstić information content (AvgIpc) is 3.03. The molecule has 0 spiro atoms. The van der Waals surface area contributed by atoms with E-state index in [1.54, 1.807) is 0 Å². The molecule has 2 N–H and O–H groups in total. The quantitative estimate of drug-likeness (QED) is 0.359. The second-order valence-corrected chi connectivity index (χ2v) is 10.1. The number of hydrogen-bond donors (Lipinski definition) is 2. The van der Waals surface area contributed by atoms with E-state index in [0.29, 0.717) is 11.6 Å². The number of aryl methyl sites for hydroxylation is 1. The van der Waals surface area contributed by atoms with Crippen LogP contribution in [0.15, 0.2) is 39.8 Å². The third kappa shape index (κ3) is 3.92. The highest BCUT2D eigenvalue weighted by Crippen LogP contribution is 2.38. The van der Waals surface area contributed by atoms with Crippen LogP contribution in [0.4, 0.5) is 23.2 Å². The summed E-state index contributed by atoms with van der Waals surface area (Å²) in [5, 5.41) is 10.3. The number of aliphatic hydroxyl groups is 1. The number of hydrogen-bond acceptors (Lipinski definition) is 3. The van der Waals surface area contributed by atoms with Crippen molar-refractivity contribution >= 4 is 54.1 Å². The van der Waals surface area contributed by atoms with Crippen molar-refractivity contribution in [1.29, 1.82) is 0 Å². The van der Waals surface area contributed by atoms with Crippen LogP contribution in [-0.2, 0) is 23.0 Å². The van der Waals surface area contributed by atoms with Gasteiger partial charge in [-0.15, -0.1) is 0 Å². The summed E-state index contributed by atoms with van der Waals surface area (Å²) in [7, 11) is -4.46. The lowest BCUT2D eigenvalue weighted by Gasteiger charge is -2.26. The summed E-state index contributed by atoms with van der Waals surface area (Å²) in [6, 6.07) is 4.24. The van der Waals surface area contributed by atoms with E-state index in [2.05, 4.69) is 15.9 Å². The smallest absolute Gasteiger partial charge is 0.275 e. The number of aliphatic hydroxyl groups excluding tert-OH is 1. The molecule has 1 aliphatic heterocycles. The average molecular weight is 542 g/mol. The minimum Gasteiger partial charge on any atom is -0.385 e. The van der Waals surface area contributed by atoms with Gasteiger partial charge in [0.05, 0.1) is 22.2 Å². The first-order valence-electron chi connectivity index (χ1n) is 8.94. The Hall–Kier alpha value is -1.82. The number of rotatable bonds is 3. The van der Waals surface area contributed by atoms with Gasteiger partial charge < -0.3 is 9.67 Å². The highest BCUT2D eigenvalue weighted by atomic mass is 79.9. The summed E-state index contributed by atoms with van der Waals surface area (Å²) in [6.45, 7) is -0.576. The van der Waals surface area contributed by atoms with Crippen LogP contribution in [-0.4, -0.2) is 30.1 Å². The molecule has 1 atom stereocenters. The van der Waals surface area contributed by atoms with Gasteiger partial charge in [-0.2, -0.15) is 0 Å². The molecule has 1 aromatic heterocycles. The maximum atomic E-state index is 14.2. The molecule has 0 saturated carbocycles. The van der Waals surface area contributed by atoms with E-state index in [-0.39, 0.29) is 31.7 Å². The molecule has 0 bridgehead atoms. The Morgan fingerprint density at radius 1 is 1.23 bits per heavy atom. The van der Waals surface area contributed by atoms with Crippen LogP contribution in [0.5, 0.6) is 0 Å². The van der Waals surface area contributed by atoms with Gasteiger partial charge in [0.15, 0.2) is 0 Å². The lowest BCUT2D eigenvalue weighted by atomic mass is 9.98. The maximum Gasteiger partial charge on any atom is 0.275 e. The molecule has 1 aliphatic rings. The molecule has 1 unspecified atom stereocenters. The number of nitrogens with one attached hydrogen (secondary N) is 1. The van der Waals surface area contributed by atoms with Gasteiger partial charge in [-0.1, -0.05) is 11.6 Å². The number of alkyl halides is 2. The molecule has 2 heterocycles. The SMILES string of the molecule is O=S(=O)(Nc1cc(F)c(Br)cc1F)c1cn2c3c(c(Cl)ccc13)CCC(F)(F)C(O)C2. The molecule has 5 nitrogen and oxygen atoms in total. The minimum absolute atomic E-state index is 0.155. The highest BCUT2D eigenvalue weighted by molar-refractivity contribution is 9.10.